The maximum atomic E-state index is 12.7. The summed E-state index contributed by atoms with van der Waals surface area (Å²) >= 11 is 3.45. The van der Waals surface area contributed by atoms with Crippen LogP contribution < -0.4 is 15.0 Å². The summed E-state index contributed by atoms with van der Waals surface area (Å²) < 4.78 is 6.20. The summed E-state index contributed by atoms with van der Waals surface area (Å²) in [6.45, 7) is 2.41. The number of carbonyl (C=O) groups excluding carboxylic acids is 2. The molecule has 3 rings (SSSR count). The third kappa shape index (κ3) is 3.90. The Morgan fingerprint density at radius 3 is 2.85 bits per heavy atom. The second-order valence-corrected chi connectivity index (χ2v) is 7.17. The van der Waals surface area contributed by atoms with E-state index >= 15 is 0 Å². The topological polar surface area (TPSA) is 58.6 Å². The molecule has 2 aromatic rings. The van der Waals surface area contributed by atoms with Gasteiger partial charge in [0.25, 0.3) is 0 Å². The molecule has 136 valence electrons. The van der Waals surface area contributed by atoms with Crippen LogP contribution in [0.4, 0.5) is 11.4 Å². The van der Waals surface area contributed by atoms with Crippen LogP contribution in [0, 0.1) is 5.92 Å². The van der Waals surface area contributed by atoms with Gasteiger partial charge in [-0.25, -0.2) is 0 Å². The first-order valence-electron chi connectivity index (χ1n) is 8.55. The maximum absolute atomic E-state index is 12.7. The molecule has 1 aliphatic rings. The van der Waals surface area contributed by atoms with Gasteiger partial charge in [-0.05, 0) is 42.3 Å². The standard InChI is InChI=1S/C20H21BrN2O3/c1-3-13-9-15(21)7-8-18(13)22-20(25)14-10-19(24)23(12-14)16-5-4-6-17(11-16)26-2/h4-9,11,14H,3,10,12H2,1-2H3,(H,22,25)/t14-/m0/s1. The lowest BCUT2D eigenvalue weighted by Crippen LogP contribution is -2.28. The number of ether oxygens (including phenoxy) is 1. The van der Waals surface area contributed by atoms with Crippen LogP contribution in [0.1, 0.15) is 18.9 Å². The molecule has 26 heavy (non-hydrogen) atoms. The zero-order valence-corrected chi connectivity index (χ0v) is 16.4. The van der Waals surface area contributed by atoms with E-state index in [0.29, 0.717) is 12.3 Å². The van der Waals surface area contributed by atoms with Crippen molar-refractivity contribution in [2.75, 3.05) is 23.9 Å². The van der Waals surface area contributed by atoms with Crippen LogP contribution in [0.3, 0.4) is 0 Å². The molecule has 0 spiro atoms. The molecule has 1 fully saturated rings. The van der Waals surface area contributed by atoms with E-state index in [4.69, 9.17) is 4.74 Å². The summed E-state index contributed by atoms with van der Waals surface area (Å²) in [4.78, 5) is 26.7. The minimum atomic E-state index is -0.373. The molecule has 5 nitrogen and oxygen atoms in total. The first-order chi connectivity index (χ1) is 12.5. The number of benzene rings is 2. The van der Waals surface area contributed by atoms with Crippen molar-refractivity contribution in [2.24, 2.45) is 5.92 Å². The van der Waals surface area contributed by atoms with Crippen LogP contribution in [-0.2, 0) is 16.0 Å². The monoisotopic (exact) mass is 416 g/mol. The van der Waals surface area contributed by atoms with Crippen molar-refractivity contribution in [1.82, 2.24) is 0 Å². The van der Waals surface area contributed by atoms with Crippen LogP contribution in [0.2, 0.25) is 0 Å². The number of rotatable bonds is 5. The quantitative estimate of drug-likeness (QED) is 0.800. The van der Waals surface area contributed by atoms with E-state index in [0.717, 1.165) is 27.8 Å². The fourth-order valence-electron chi connectivity index (χ4n) is 3.12. The van der Waals surface area contributed by atoms with Gasteiger partial charge in [-0.1, -0.05) is 28.9 Å². The number of methoxy groups -OCH3 is 1. The smallest absolute Gasteiger partial charge is 0.229 e. The predicted octanol–water partition coefficient (Wildman–Crippen LogP) is 4.01. The number of nitrogens with one attached hydrogen (secondary N) is 1. The number of hydrogen-bond donors (Lipinski definition) is 1. The summed E-state index contributed by atoms with van der Waals surface area (Å²) in [7, 11) is 1.59. The van der Waals surface area contributed by atoms with Crippen LogP contribution in [0.15, 0.2) is 46.9 Å². The highest BCUT2D eigenvalue weighted by atomic mass is 79.9. The molecule has 0 bridgehead atoms. The lowest BCUT2D eigenvalue weighted by molar-refractivity contribution is -0.122. The van der Waals surface area contributed by atoms with Gasteiger partial charge in [-0.2, -0.15) is 0 Å². The highest BCUT2D eigenvalue weighted by molar-refractivity contribution is 9.10. The molecule has 0 unspecified atom stereocenters. The number of amides is 2. The van der Waals surface area contributed by atoms with E-state index < -0.39 is 0 Å². The first kappa shape index (κ1) is 18.5. The first-order valence-corrected chi connectivity index (χ1v) is 9.34. The van der Waals surface area contributed by atoms with Gasteiger partial charge in [0.15, 0.2) is 0 Å². The van der Waals surface area contributed by atoms with E-state index in [1.165, 1.54) is 0 Å². The van der Waals surface area contributed by atoms with Gasteiger partial charge in [-0.15, -0.1) is 0 Å². The van der Waals surface area contributed by atoms with Crippen molar-refractivity contribution in [2.45, 2.75) is 19.8 Å². The SMILES string of the molecule is CCc1cc(Br)ccc1NC(=O)[C@H]1CC(=O)N(c2cccc(OC)c2)C1. The zero-order valence-electron chi connectivity index (χ0n) is 14.8. The van der Waals surface area contributed by atoms with Crippen molar-refractivity contribution in [3.63, 3.8) is 0 Å². The van der Waals surface area contributed by atoms with Crippen LogP contribution in [-0.4, -0.2) is 25.5 Å². The minimum absolute atomic E-state index is 0.0510. The van der Waals surface area contributed by atoms with Crippen molar-refractivity contribution < 1.29 is 14.3 Å². The molecular formula is C20H21BrN2O3. The maximum Gasteiger partial charge on any atom is 0.229 e. The van der Waals surface area contributed by atoms with Crippen molar-refractivity contribution in [3.8, 4) is 5.75 Å². The van der Waals surface area contributed by atoms with Gasteiger partial charge in [-0.3, -0.25) is 9.59 Å². The summed E-state index contributed by atoms with van der Waals surface area (Å²) in [5.74, 6) is 0.137. The highest BCUT2D eigenvalue weighted by Crippen LogP contribution is 2.29. The summed E-state index contributed by atoms with van der Waals surface area (Å²) in [5.41, 5.74) is 2.61. The van der Waals surface area contributed by atoms with Gasteiger partial charge in [0.2, 0.25) is 11.8 Å². The summed E-state index contributed by atoms with van der Waals surface area (Å²) in [5, 5.41) is 2.98. The number of anilines is 2. The molecule has 2 amide bonds. The predicted molar refractivity (Wildman–Crippen MR) is 106 cm³/mol. The van der Waals surface area contributed by atoms with E-state index in [2.05, 4.69) is 21.2 Å². The molecule has 2 aromatic carbocycles. The fourth-order valence-corrected chi connectivity index (χ4v) is 3.53. The average molecular weight is 417 g/mol. The molecule has 0 aliphatic carbocycles. The van der Waals surface area contributed by atoms with Crippen LogP contribution >= 0.6 is 15.9 Å². The van der Waals surface area contributed by atoms with Gasteiger partial charge >= 0.3 is 0 Å². The Balaban J connectivity index is 1.73. The Bertz CT molecular complexity index is 838. The normalized spacial score (nSPS) is 16.7. The third-order valence-corrected chi connectivity index (χ3v) is 5.06. The molecule has 0 aromatic heterocycles. The minimum Gasteiger partial charge on any atom is -0.497 e. The number of hydrogen-bond acceptors (Lipinski definition) is 3. The van der Waals surface area contributed by atoms with Crippen LogP contribution in [0.5, 0.6) is 5.75 Å². The van der Waals surface area contributed by atoms with Crippen molar-refractivity contribution in [1.29, 1.82) is 0 Å². The Morgan fingerprint density at radius 2 is 2.12 bits per heavy atom. The van der Waals surface area contributed by atoms with E-state index in [9.17, 15) is 9.59 Å². The van der Waals surface area contributed by atoms with Crippen molar-refractivity contribution in [3.05, 3.63) is 52.5 Å². The molecule has 0 saturated carbocycles. The second kappa shape index (κ2) is 7.91. The van der Waals surface area contributed by atoms with Gasteiger partial charge < -0.3 is 15.0 Å². The molecular weight excluding hydrogens is 396 g/mol. The Morgan fingerprint density at radius 1 is 1.31 bits per heavy atom. The van der Waals surface area contributed by atoms with Crippen molar-refractivity contribution >= 4 is 39.1 Å². The summed E-state index contributed by atoms with van der Waals surface area (Å²) in [6, 6.07) is 13.1. The van der Waals surface area contributed by atoms with Crippen LogP contribution in [0.25, 0.3) is 0 Å². The molecule has 1 saturated heterocycles. The number of nitrogens with zero attached hydrogens (tertiary/aromatic N) is 1. The Hall–Kier alpha value is -2.34. The third-order valence-electron chi connectivity index (χ3n) is 4.57. The van der Waals surface area contributed by atoms with E-state index in [-0.39, 0.29) is 24.2 Å². The number of carbonyl (C=O) groups is 2. The molecule has 6 heteroatoms. The van der Waals surface area contributed by atoms with E-state index in [1.807, 2.05) is 49.4 Å². The lowest BCUT2D eigenvalue weighted by Gasteiger charge is -2.18. The average Bonchev–Trinajstić information content (AvgIpc) is 3.05. The lowest BCUT2D eigenvalue weighted by atomic mass is 10.1. The number of halogens is 1. The molecule has 1 atom stereocenters. The second-order valence-electron chi connectivity index (χ2n) is 6.25. The van der Waals surface area contributed by atoms with Gasteiger partial charge in [0.05, 0.1) is 13.0 Å². The Labute approximate surface area is 161 Å². The zero-order chi connectivity index (χ0) is 18.7. The summed E-state index contributed by atoms with van der Waals surface area (Å²) in [6.07, 6.45) is 1.02. The molecule has 1 aliphatic heterocycles. The molecule has 1 heterocycles. The van der Waals surface area contributed by atoms with E-state index in [1.54, 1.807) is 12.0 Å². The Kier molecular flexibility index (Phi) is 5.61. The highest BCUT2D eigenvalue weighted by Gasteiger charge is 2.35. The fraction of sp³-hybridized carbons (Fsp3) is 0.300. The largest absolute Gasteiger partial charge is 0.497 e. The van der Waals surface area contributed by atoms with Gasteiger partial charge in [0.1, 0.15) is 5.75 Å². The molecule has 1 N–H and O–H groups in total. The number of aryl methyl sites for hydroxylation is 1. The molecule has 0 radical (unpaired) electrons. The van der Waals surface area contributed by atoms with Gasteiger partial charge in [0, 0.05) is 34.9 Å².